The molecule has 0 saturated carbocycles. The molecule has 0 spiro atoms. The molecule has 8 heteroatoms. The number of hydrogen-bond acceptors (Lipinski definition) is 4. The largest absolute Gasteiger partial charge is 0.329 e. The van der Waals surface area contributed by atoms with Gasteiger partial charge in [-0.05, 0) is 52.2 Å². The standard InChI is InChI=1S/C18H16BrN3O3S/c1-2-11-5-3-4-6-13(11)20-16(23)10-22-17(24)14(21-18(22)25)9-12-7-8-15(19)26-12/h3-9H,2,10H2,1H3,(H,20,23)(H,21,25)/b14-9+. The summed E-state index contributed by atoms with van der Waals surface area (Å²) in [5.74, 6) is -0.937. The Morgan fingerprint density at radius 3 is 2.73 bits per heavy atom. The highest BCUT2D eigenvalue weighted by Crippen LogP contribution is 2.25. The minimum absolute atomic E-state index is 0.158. The summed E-state index contributed by atoms with van der Waals surface area (Å²) in [6, 6.07) is 10.5. The summed E-state index contributed by atoms with van der Waals surface area (Å²) in [7, 11) is 0. The number of benzene rings is 1. The quantitative estimate of drug-likeness (QED) is 0.558. The lowest BCUT2D eigenvalue weighted by Gasteiger charge is -2.13. The van der Waals surface area contributed by atoms with Crippen molar-refractivity contribution in [3.63, 3.8) is 0 Å². The lowest BCUT2D eigenvalue weighted by Crippen LogP contribution is -2.38. The summed E-state index contributed by atoms with van der Waals surface area (Å²) in [5.41, 5.74) is 1.83. The number of aryl methyl sites for hydroxylation is 1. The molecule has 2 aromatic rings. The molecule has 1 aromatic heterocycles. The highest BCUT2D eigenvalue weighted by atomic mass is 79.9. The summed E-state index contributed by atoms with van der Waals surface area (Å²) in [6.07, 6.45) is 2.36. The normalized spacial score (nSPS) is 15.5. The number of nitrogens with zero attached hydrogens (tertiary/aromatic N) is 1. The molecule has 134 valence electrons. The second-order valence-electron chi connectivity index (χ2n) is 5.58. The topological polar surface area (TPSA) is 78.5 Å². The van der Waals surface area contributed by atoms with Gasteiger partial charge < -0.3 is 10.6 Å². The fourth-order valence-corrected chi connectivity index (χ4v) is 3.91. The number of nitrogens with one attached hydrogen (secondary N) is 2. The zero-order valence-electron chi connectivity index (χ0n) is 13.9. The number of carbonyl (C=O) groups is 3. The number of carbonyl (C=O) groups excluding carboxylic acids is 3. The molecule has 1 aliphatic rings. The van der Waals surface area contributed by atoms with Crippen LogP contribution in [0.2, 0.25) is 0 Å². The van der Waals surface area contributed by atoms with Gasteiger partial charge in [-0.25, -0.2) is 9.69 Å². The first-order valence-corrected chi connectivity index (χ1v) is 9.56. The van der Waals surface area contributed by atoms with Crippen molar-refractivity contribution in [1.82, 2.24) is 10.2 Å². The first-order chi connectivity index (χ1) is 12.5. The molecule has 0 bridgehead atoms. The number of imide groups is 1. The maximum atomic E-state index is 12.4. The van der Waals surface area contributed by atoms with Crippen LogP contribution in [0.25, 0.3) is 6.08 Å². The molecule has 4 amide bonds. The highest BCUT2D eigenvalue weighted by molar-refractivity contribution is 9.11. The fourth-order valence-electron chi connectivity index (χ4n) is 2.55. The molecule has 2 heterocycles. The summed E-state index contributed by atoms with van der Waals surface area (Å²) in [5, 5.41) is 5.27. The number of rotatable bonds is 5. The average molecular weight is 434 g/mol. The molecular formula is C18H16BrN3O3S. The van der Waals surface area contributed by atoms with Crippen molar-refractivity contribution >= 4 is 56.9 Å². The maximum absolute atomic E-state index is 12.4. The van der Waals surface area contributed by atoms with Gasteiger partial charge in [0.15, 0.2) is 0 Å². The highest BCUT2D eigenvalue weighted by Gasteiger charge is 2.35. The Labute approximate surface area is 163 Å². The smallest absolute Gasteiger partial charge is 0.324 e. The molecule has 1 aromatic carbocycles. The molecule has 1 aliphatic heterocycles. The Balaban J connectivity index is 1.69. The molecule has 6 nitrogen and oxygen atoms in total. The molecular weight excluding hydrogens is 418 g/mol. The third kappa shape index (κ3) is 4.03. The van der Waals surface area contributed by atoms with Gasteiger partial charge in [0.2, 0.25) is 5.91 Å². The summed E-state index contributed by atoms with van der Waals surface area (Å²) < 4.78 is 0.923. The zero-order valence-corrected chi connectivity index (χ0v) is 16.3. The van der Waals surface area contributed by atoms with Crippen LogP contribution >= 0.6 is 27.3 Å². The molecule has 0 unspecified atom stereocenters. The number of halogens is 1. The molecule has 1 saturated heterocycles. The van der Waals surface area contributed by atoms with E-state index in [1.165, 1.54) is 11.3 Å². The second kappa shape index (κ2) is 7.84. The second-order valence-corrected chi connectivity index (χ2v) is 8.07. The lowest BCUT2D eigenvalue weighted by atomic mass is 10.1. The molecule has 2 N–H and O–H groups in total. The van der Waals surface area contributed by atoms with Crippen molar-refractivity contribution in [3.8, 4) is 0 Å². The van der Waals surface area contributed by atoms with E-state index >= 15 is 0 Å². The first kappa shape index (κ1) is 18.3. The van der Waals surface area contributed by atoms with Crippen molar-refractivity contribution in [2.24, 2.45) is 0 Å². The Kier molecular flexibility index (Phi) is 5.53. The van der Waals surface area contributed by atoms with Gasteiger partial charge in [0.1, 0.15) is 12.2 Å². The van der Waals surface area contributed by atoms with Crippen LogP contribution in [0.1, 0.15) is 17.4 Å². The third-order valence-electron chi connectivity index (χ3n) is 3.82. The van der Waals surface area contributed by atoms with Gasteiger partial charge in [-0.15, -0.1) is 11.3 Å². The fraction of sp³-hybridized carbons (Fsp3) is 0.167. The Morgan fingerprint density at radius 2 is 2.04 bits per heavy atom. The van der Waals surface area contributed by atoms with Crippen LogP contribution in [0.4, 0.5) is 10.5 Å². The van der Waals surface area contributed by atoms with Crippen molar-refractivity contribution < 1.29 is 14.4 Å². The van der Waals surface area contributed by atoms with Crippen molar-refractivity contribution in [1.29, 1.82) is 0 Å². The Hall–Kier alpha value is -2.45. The molecule has 26 heavy (non-hydrogen) atoms. The molecule has 0 atom stereocenters. The van der Waals surface area contributed by atoms with E-state index in [2.05, 4.69) is 26.6 Å². The number of hydrogen-bond donors (Lipinski definition) is 2. The van der Waals surface area contributed by atoms with E-state index in [9.17, 15) is 14.4 Å². The molecule has 3 rings (SSSR count). The van der Waals surface area contributed by atoms with E-state index in [1.807, 2.05) is 37.3 Å². The van der Waals surface area contributed by atoms with Crippen LogP contribution < -0.4 is 10.6 Å². The molecule has 0 radical (unpaired) electrons. The number of para-hydroxylation sites is 1. The van der Waals surface area contributed by atoms with E-state index < -0.39 is 17.8 Å². The molecule has 0 aliphatic carbocycles. The predicted octanol–water partition coefficient (Wildman–Crippen LogP) is 3.60. The van der Waals surface area contributed by atoms with Gasteiger partial charge in [0.25, 0.3) is 5.91 Å². The summed E-state index contributed by atoms with van der Waals surface area (Å²) >= 11 is 4.79. The van der Waals surface area contributed by atoms with Gasteiger partial charge in [-0.2, -0.15) is 0 Å². The Bertz CT molecular complexity index is 907. The number of amides is 4. The minimum atomic E-state index is -0.601. The minimum Gasteiger partial charge on any atom is -0.324 e. The first-order valence-electron chi connectivity index (χ1n) is 7.95. The van der Waals surface area contributed by atoms with Gasteiger partial charge in [-0.1, -0.05) is 25.1 Å². The lowest BCUT2D eigenvalue weighted by molar-refractivity contribution is -0.127. The average Bonchev–Trinajstić information content (AvgIpc) is 3.13. The SMILES string of the molecule is CCc1ccccc1NC(=O)CN1C(=O)N/C(=C/c2ccc(Br)s2)C1=O. The van der Waals surface area contributed by atoms with Crippen LogP contribution in [-0.4, -0.2) is 29.3 Å². The third-order valence-corrected chi connectivity index (χ3v) is 5.39. The van der Waals surface area contributed by atoms with Crippen LogP contribution in [0, 0.1) is 0 Å². The van der Waals surface area contributed by atoms with Crippen LogP contribution in [-0.2, 0) is 16.0 Å². The van der Waals surface area contributed by atoms with E-state index in [1.54, 1.807) is 12.1 Å². The van der Waals surface area contributed by atoms with Crippen LogP contribution in [0.5, 0.6) is 0 Å². The van der Waals surface area contributed by atoms with Crippen LogP contribution in [0.3, 0.4) is 0 Å². The summed E-state index contributed by atoms with van der Waals surface area (Å²) in [4.78, 5) is 38.5. The van der Waals surface area contributed by atoms with Crippen molar-refractivity contribution in [2.75, 3.05) is 11.9 Å². The summed E-state index contributed by atoms with van der Waals surface area (Å²) in [6.45, 7) is 1.65. The van der Waals surface area contributed by atoms with Gasteiger partial charge in [0.05, 0.1) is 3.79 Å². The van der Waals surface area contributed by atoms with E-state index in [4.69, 9.17) is 0 Å². The Morgan fingerprint density at radius 1 is 1.27 bits per heavy atom. The van der Waals surface area contributed by atoms with E-state index in [0.29, 0.717) is 5.69 Å². The van der Waals surface area contributed by atoms with E-state index in [0.717, 1.165) is 25.5 Å². The number of urea groups is 1. The zero-order chi connectivity index (χ0) is 18.7. The van der Waals surface area contributed by atoms with Crippen molar-refractivity contribution in [2.45, 2.75) is 13.3 Å². The van der Waals surface area contributed by atoms with Gasteiger partial charge >= 0.3 is 6.03 Å². The monoisotopic (exact) mass is 433 g/mol. The maximum Gasteiger partial charge on any atom is 0.329 e. The van der Waals surface area contributed by atoms with Gasteiger partial charge in [0, 0.05) is 10.6 Å². The van der Waals surface area contributed by atoms with Gasteiger partial charge in [-0.3, -0.25) is 9.59 Å². The van der Waals surface area contributed by atoms with Crippen LogP contribution in [0.15, 0.2) is 45.9 Å². The van der Waals surface area contributed by atoms with E-state index in [-0.39, 0.29) is 12.2 Å². The molecule has 1 fully saturated rings. The number of anilines is 1. The number of thiophene rings is 1. The van der Waals surface area contributed by atoms with Crippen molar-refractivity contribution in [3.05, 3.63) is 56.3 Å². The predicted molar refractivity (Wildman–Crippen MR) is 105 cm³/mol.